The summed E-state index contributed by atoms with van der Waals surface area (Å²) in [5, 5.41) is 2.95. The van der Waals surface area contributed by atoms with Crippen molar-refractivity contribution in [2.24, 2.45) is 5.41 Å². The van der Waals surface area contributed by atoms with Gasteiger partial charge in [0.1, 0.15) is 5.82 Å². The van der Waals surface area contributed by atoms with Gasteiger partial charge < -0.3 is 5.32 Å². The third kappa shape index (κ3) is 4.30. The molecule has 1 aromatic carbocycles. The van der Waals surface area contributed by atoms with Crippen LogP contribution in [0, 0.1) is 11.2 Å². The molecule has 1 atom stereocenters. The Balaban J connectivity index is 2.89. The number of nitrogens with one attached hydrogen (secondary N) is 1. The van der Waals surface area contributed by atoms with Crippen molar-refractivity contribution in [2.45, 2.75) is 45.0 Å². The van der Waals surface area contributed by atoms with E-state index in [1.54, 1.807) is 6.07 Å². The van der Waals surface area contributed by atoms with Crippen molar-refractivity contribution in [3.8, 4) is 0 Å². The highest BCUT2D eigenvalue weighted by Gasteiger charge is 2.32. The first-order valence-corrected chi connectivity index (χ1v) is 7.18. The molecule has 2 nitrogen and oxygen atoms in total. The van der Waals surface area contributed by atoms with Crippen LogP contribution in [0.3, 0.4) is 0 Å². The normalized spacial score (nSPS) is 14.1. The Hall–Kier alpha value is -0.900. The minimum Gasteiger partial charge on any atom is -0.346 e. The lowest BCUT2D eigenvalue weighted by Crippen LogP contribution is -2.47. The Kier molecular flexibility index (Phi) is 4.77. The molecule has 1 N–H and O–H groups in total. The van der Waals surface area contributed by atoms with Crippen LogP contribution in [0.5, 0.6) is 0 Å². The van der Waals surface area contributed by atoms with Gasteiger partial charge in [0, 0.05) is 0 Å². The molecule has 0 radical (unpaired) electrons. The summed E-state index contributed by atoms with van der Waals surface area (Å²) in [4.78, 5) is 11.9. The van der Waals surface area contributed by atoms with Crippen LogP contribution in [0.1, 0.15) is 40.2 Å². The highest BCUT2D eigenvalue weighted by Crippen LogP contribution is 2.28. The maximum atomic E-state index is 13.3. The summed E-state index contributed by atoms with van der Waals surface area (Å²) >= 11 is 3.42. The average Bonchev–Trinajstić information content (AvgIpc) is 2.26. The van der Waals surface area contributed by atoms with Crippen molar-refractivity contribution in [2.75, 3.05) is 0 Å². The molecule has 0 aromatic heterocycles. The van der Waals surface area contributed by atoms with E-state index in [1.165, 1.54) is 12.1 Å². The van der Waals surface area contributed by atoms with Gasteiger partial charge in [-0.3, -0.25) is 4.79 Å². The van der Waals surface area contributed by atoms with Crippen LogP contribution in [-0.4, -0.2) is 10.7 Å². The standard InChI is InChI=1S/C15H21BrFNO/c1-14(2,3)12(16)13(19)18-15(4,5)10-7-6-8-11(17)9-10/h6-9,12H,1-5H3,(H,18,19). The molecular weight excluding hydrogens is 309 g/mol. The largest absolute Gasteiger partial charge is 0.346 e. The molecule has 0 aliphatic carbocycles. The summed E-state index contributed by atoms with van der Waals surface area (Å²) in [6.07, 6.45) is 0. The van der Waals surface area contributed by atoms with Crippen molar-refractivity contribution >= 4 is 21.8 Å². The monoisotopic (exact) mass is 329 g/mol. The lowest BCUT2D eigenvalue weighted by molar-refractivity contribution is -0.123. The van der Waals surface area contributed by atoms with Gasteiger partial charge in [-0.15, -0.1) is 0 Å². The number of amides is 1. The molecule has 0 saturated carbocycles. The third-order valence-corrected chi connectivity index (χ3v) is 4.76. The van der Waals surface area contributed by atoms with Gasteiger partial charge in [-0.25, -0.2) is 4.39 Å². The molecule has 106 valence electrons. The summed E-state index contributed by atoms with van der Waals surface area (Å²) in [6, 6.07) is 6.29. The van der Waals surface area contributed by atoms with Crippen LogP contribution < -0.4 is 5.32 Å². The van der Waals surface area contributed by atoms with E-state index < -0.39 is 5.54 Å². The van der Waals surface area contributed by atoms with Gasteiger partial charge in [-0.05, 0) is 37.0 Å². The molecule has 1 rings (SSSR count). The van der Waals surface area contributed by atoms with Crippen molar-refractivity contribution in [1.29, 1.82) is 0 Å². The van der Waals surface area contributed by atoms with E-state index in [-0.39, 0.29) is 22.0 Å². The summed E-state index contributed by atoms with van der Waals surface area (Å²) in [5.74, 6) is -0.396. The molecule has 0 heterocycles. The fourth-order valence-corrected chi connectivity index (χ4v) is 1.83. The smallest absolute Gasteiger partial charge is 0.234 e. The zero-order chi connectivity index (χ0) is 14.8. The van der Waals surface area contributed by atoms with Crippen LogP contribution in [0.25, 0.3) is 0 Å². The molecule has 19 heavy (non-hydrogen) atoms. The molecule has 1 aromatic rings. The molecular formula is C15H21BrFNO. The number of carbonyl (C=O) groups is 1. The highest BCUT2D eigenvalue weighted by atomic mass is 79.9. The molecule has 0 fully saturated rings. The average molecular weight is 330 g/mol. The Morgan fingerprint density at radius 3 is 2.32 bits per heavy atom. The zero-order valence-electron chi connectivity index (χ0n) is 12.1. The fourth-order valence-electron chi connectivity index (χ4n) is 1.71. The number of carbonyl (C=O) groups excluding carboxylic acids is 1. The Bertz CT molecular complexity index is 465. The van der Waals surface area contributed by atoms with Gasteiger partial charge in [0.2, 0.25) is 5.91 Å². The van der Waals surface area contributed by atoms with Crippen molar-refractivity contribution < 1.29 is 9.18 Å². The maximum absolute atomic E-state index is 13.3. The SMILES string of the molecule is CC(C)(NC(=O)C(Br)C(C)(C)C)c1cccc(F)c1. The minimum absolute atomic E-state index is 0.0956. The van der Waals surface area contributed by atoms with Crippen molar-refractivity contribution in [3.05, 3.63) is 35.6 Å². The van der Waals surface area contributed by atoms with Crippen LogP contribution in [0.15, 0.2) is 24.3 Å². The van der Waals surface area contributed by atoms with Gasteiger partial charge >= 0.3 is 0 Å². The number of alkyl halides is 1. The Morgan fingerprint density at radius 2 is 1.84 bits per heavy atom. The van der Waals surface area contributed by atoms with Crippen molar-refractivity contribution in [3.63, 3.8) is 0 Å². The summed E-state index contributed by atoms with van der Waals surface area (Å²) in [7, 11) is 0. The summed E-state index contributed by atoms with van der Waals surface area (Å²) in [5.41, 5.74) is -0.0482. The quantitative estimate of drug-likeness (QED) is 0.835. The van der Waals surface area contributed by atoms with Crippen LogP contribution in [-0.2, 0) is 10.3 Å². The Labute approximate surface area is 122 Å². The second kappa shape index (κ2) is 5.61. The number of rotatable bonds is 3. The van der Waals surface area contributed by atoms with E-state index in [0.717, 1.165) is 5.56 Å². The molecule has 0 aliphatic heterocycles. The second-order valence-corrected chi connectivity index (χ2v) is 7.27. The number of halogens is 2. The first-order chi connectivity index (χ1) is 8.54. The lowest BCUT2D eigenvalue weighted by atomic mass is 9.89. The van der Waals surface area contributed by atoms with E-state index in [4.69, 9.17) is 0 Å². The maximum Gasteiger partial charge on any atom is 0.234 e. The number of hydrogen-bond acceptors (Lipinski definition) is 1. The molecule has 0 spiro atoms. The zero-order valence-corrected chi connectivity index (χ0v) is 13.6. The van der Waals surface area contributed by atoms with Gasteiger partial charge in [-0.1, -0.05) is 48.8 Å². The van der Waals surface area contributed by atoms with E-state index in [1.807, 2.05) is 40.7 Å². The third-order valence-electron chi connectivity index (χ3n) is 2.97. The molecule has 4 heteroatoms. The van der Waals surface area contributed by atoms with Gasteiger partial charge in [-0.2, -0.15) is 0 Å². The van der Waals surface area contributed by atoms with Crippen LogP contribution in [0.2, 0.25) is 0 Å². The molecule has 0 aliphatic rings. The molecule has 0 saturated heterocycles. The van der Waals surface area contributed by atoms with Gasteiger partial charge in [0.15, 0.2) is 0 Å². The Morgan fingerprint density at radius 1 is 1.26 bits per heavy atom. The number of benzene rings is 1. The predicted octanol–water partition coefficient (Wildman–Crippen LogP) is 3.99. The van der Waals surface area contributed by atoms with Gasteiger partial charge in [0.25, 0.3) is 0 Å². The molecule has 1 unspecified atom stereocenters. The molecule has 0 bridgehead atoms. The highest BCUT2D eigenvalue weighted by molar-refractivity contribution is 9.10. The minimum atomic E-state index is -0.615. The van der Waals surface area contributed by atoms with E-state index in [9.17, 15) is 9.18 Å². The lowest BCUT2D eigenvalue weighted by Gasteiger charge is -2.31. The van der Waals surface area contributed by atoms with E-state index >= 15 is 0 Å². The summed E-state index contributed by atoms with van der Waals surface area (Å²) < 4.78 is 13.3. The second-order valence-electron chi connectivity index (χ2n) is 6.35. The van der Waals surface area contributed by atoms with E-state index in [0.29, 0.717) is 0 Å². The van der Waals surface area contributed by atoms with Gasteiger partial charge in [0.05, 0.1) is 10.4 Å². The first kappa shape index (κ1) is 16.2. The first-order valence-electron chi connectivity index (χ1n) is 6.26. The summed E-state index contributed by atoms with van der Waals surface area (Å²) in [6.45, 7) is 9.69. The molecule has 1 amide bonds. The van der Waals surface area contributed by atoms with Crippen molar-refractivity contribution in [1.82, 2.24) is 5.32 Å². The fraction of sp³-hybridized carbons (Fsp3) is 0.533. The topological polar surface area (TPSA) is 29.1 Å². The van der Waals surface area contributed by atoms with E-state index in [2.05, 4.69) is 21.2 Å². The number of hydrogen-bond donors (Lipinski definition) is 1. The predicted molar refractivity (Wildman–Crippen MR) is 79.7 cm³/mol. The van der Waals surface area contributed by atoms with Crippen LogP contribution >= 0.6 is 15.9 Å². The van der Waals surface area contributed by atoms with Crippen LogP contribution in [0.4, 0.5) is 4.39 Å².